The second-order valence-electron chi connectivity index (χ2n) is 10.3. The highest BCUT2D eigenvalue weighted by Gasteiger charge is 2.29. The van der Waals surface area contributed by atoms with Crippen molar-refractivity contribution in [2.45, 2.75) is 32.7 Å². The van der Waals surface area contributed by atoms with Gasteiger partial charge >= 0.3 is 0 Å². The van der Waals surface area contributed by atoms with Gasteiger partial charge in [-0.15, -0.1) is 0 Å². The van der Waals surface area contributed by atoms with Crippen molar-refractivity contribution in [1.82, 2.24) is 16.0 Å². The number of benzene rings is 3. The van der Waals surface area contributed by atoms with Crippen LogP contribution in [0.15, 0.2) is 59.0 Å². The Hall–Kier alpha value is -4.90. The Labute approximate surface area is 248 Å². The van der Waals surface area contributed by atoms with E-state index in [2.05, 4.69) is 16.0 Å². The van der Waals surface area contributed by atoms with Gasteiger partial charge in [0.2, 0.25) is 0 Å². The molecule has 0 saturated carbocycles. The summed E-state index contributed by atoms with van der Waals surface area (Å²) in [6.45, 7) is 5.20. The lowest BCUT2D eigenvalue weighted by atomic mass is 9.96. The van der Waals surface area contributed by atoms with Crippen LogP contribution in [0.3, 0.4) is 0 Å². The van der Waals surface area contributed by atoms with Gasteiger partial charge in [-0.2, -0.15) is 0 Å². The molecule has 2 amide bonds. The predicted octanol–water partition coefficient (Wildman–Crippen LogP) is 5.09. The molecule has 11 heteroatoms. The van der Waals surface area contributed by atoms with Gasteiger partial charge < -0.3 is 34.9 Å². The van der Waals surface area contributed by atoms with Crippen molar-refractivity contribution in [3.8, 4) is 33.9 Å². The summed E-state index contributed by atoms with van der Waals surface area (Å²) in [5.74, 6) is -0.308. The number of nitrogens with one attached hydrogen (secondary N) is 4. The van der Waals surface area contributed by atoms with Gasteiger partial charge in [0.05, 0.1) is 30.4 Å². The average Bonchev–Trinajstić information content (AvgIpc) is 3.37. The molecule has 0 aliphatic rings. The van der Waals surface area contributed by atoms with E-state index in [4.69, 9.17) is 24.4 Å². The van der Waals surface area contributed by atoms with E-state index in [9.17, 15) is 14.0 Å². The minimum absolute atomic E-state index is 0.0715. The largest absolute Gasteiger partial charge is 0.496 e. The second kappa shape index (κ2) is 13.0. The van der Waals surface area contributed by atoms with Crippen LogP contribution in [-0.4, -0.2) is 55.8 Å². The molecule has 0 spiro atoms. The molecule has 226 valence electrons. The summed E-state index contributed by atoms with van der Waals surface area (Å²) in [5.41, 5.74) is 1.49. The fourth-order valence-corrected chi connectivity index (χ4v) is 4.60. The minimum atomic E-state index is -1.12. The molecule has 0 aliphatic carbocycles. The fraction of sp³-hybridized carbons (Fsp3) is 0.281. The van der Waals surface area contributed by atoms with E-state index in [0.29, 0.717) is 45.8 Å². The van der Waals surface area contributed by atoms with Gasteiger partial charge in [0.1, 0.15) is 41.2 Å². The van der Waals surface area contributed by atoms with Gasteiger partial charge in [-0.1, -0.05) is 13.0 Å². The first-order valence-electron chi connectivity index (χ1n) is 13.7. The van der Waals surface area contributed by atoms with E-state index in [-0.39, 0.29) is 28.6 Å². The second-order valence-corrected chi connectivity index (χ2v) is 10.3. The molecule has 0 unspecified atom stereocenters. The number of hydrogen-bond donors (Lipinski definition) is 5. The number of ether oxygens (including phenoxy) is 2. The van der Waals surface area contributed by atoms with Crippen molar-refractivity contribution in [3.05, 3.63) is 71.5 Å². The monoisotopic (exact) mass is 590 g/mol. The Bertz CT molecular complexity index is 1660. The molecule has 1 aromatic heterocycles. The van der Waals surface area contributed by atoms with Crippen molar-refractivity contribution in [1.29, 1.82) is 5.41 Å². The average molecular weight is 591 g/mol. The van der Waals surface area contributed by atoms with E-state index < -0.39 is 24.0 Å². The minimum Gasteiger partial charge on any atom is -0.496 e. The molecule has 0 bridgehead atoms. The van der Waals surface area contributed by atoms with Crippen molar-refractivity contribution in [2.24, 2.45) is 0 Å². The van der Waals surface area contributed by atoms with Gasteiger partial charge in [0.25, 0.3) is 11.8 Å². The smallest absolute Gasteiger partial charge is 0.255 e. The highest BCUT2D eigenvalue weighted by Crippen LogP contribution is 2.41. The highest BCUT2D eigenvalue weighted by molar-refractivity contribution is 6.12. The Morgan fingerprint density at radius 1 is 1.02 bits per heavy atom. The lowest BCUT2D eigenvalue weighted by Gasteiger charge is -2.27. The number of hydrogen-bond acceptors (Lipinski definition) is 7. The number of carbonyl (C=O) groups excluding carboxylic acids is 2. The zero-order valence-corrected chi connectivity index (χ0v) is 24.7. The number of amides is 2. The first kappa shape index (κ1) is 31.0. The summed E-state index contributed by atoms with van der Waals surface area (Å²) in [6.07, 6.45) is 0.735. The number of aliphatic hydroxyl groups is 1. The molecule has 0 radical (unpaired) electrons. The molecular weight excluding hydrogens is 555 g/mol. The Balaban J connectivity index is 1.90. The summed E-state index contributed by atoms with van der Waals surface area (Å²) in [4.78, 5) is 26.6. The van der Waals surface area contributed by atoms with Crippen LogP contribution in [0.5, 0.6) is 11.5 Å². The van der Waals surface area contributed by atoms with E-state index in [0.717, 1.165) is 6.42 Å². The fourth-order valence-electron chi connectivity index (χ4n) is 4.60. The van der Waals surface area contributed by atoms with E-state index in [1.54, 1.807) is 56.3 Å². The maximum Gasteiger partial charge on any atom is 0.255 e. The topological polar surface area (TPSA) is 146 Å². The first-order valence-corrected chi connectivity index (χ1v) is 13.7. The number of halogens is 1. The van der Waals surface area contributed by atoms with Crippen LogP contribution in [0.1, 0.15) is 47.9 Å². The maximum absolute atomic E-state index is 13.7. The number of methoxy groups -OCH3 is 1. The third-order valence-electron chi connectivity index (χ3n) is 6.87. The van der Waals surface area contributed by atoms with Crippen LogP contribution in [0, 0.1) is 11.2 Å². The number of rotatable bonds is 11. The standard InChI is InChI=1S/C32H35FN4O6/c1-6-13-42-25-16-26-22(27(30(40)35-4)28(43-26)18-7-10-20(33)11-8-18)15-21(25)19-9-12-24(41-5)23(14-19)29(39)37-32(2,3)31(34)36-17-38/h7-12,14-16,38H,6,13,17H2,1-5H3,(H2,34,36)(H,35,40)(H,37,39). The number of aliphatic hydroxyl groups excluding tert-OH is 1. The van der Waals surface area contributed by atoms with Crippen molar-refractivity contribution < 1.29 is 33.0 Å². The third kappa shape index (κ3) is 6.46. The summed E-state index contributed by atoms with van der Waals surface area (Å²) in [7, 11) is 2.97. The molecule has 0 aliphatic heterocycles. The third-order valence-corrected chi connectivity index (χ3v) is 6.87. The SMILES string of the molecule is CCCOc1cc2oc(-c3ccc(F)cc3)c(C(=O)NC)c2cc1-c1ccc(OC)c(C(=O)NC(C)(C)C(=N)NCO)c1. The molecule has 0 saturated heterocycles. The van der Waals surface area contributed by atoms with Crippen LogP contribution in [0.2, 0.25) is 0 Å². The van der Waals surface area contributed by atoms with Crippen molar-refractivity contribution in [2.75, 3.05) is 27.5 Å². The maximum atomic E-state index is 13.7. The Morgan fingerprint density at radius 3 is 2.35 bits per heavy atom. The van der Waals surface area contributed by atoms with Gasteiger partial charge in [0.15, 0.2) is 0 Å². The van der Waals surface area contributed by atoms with Crippen LogP contribution in [-0.2, 0) is 0 Å². The molecule has 0 fully saturated rings. The normalized spacial score (nSPS) is 11.2. The predicted molar refractivity (Wildman–Crippen MR) is 162 cm³/mol. The van der Waals surface area contributed by atoms with Gasteiger partial charge in [-0.25, -0.2) is 4.39 Å². The Kier molecular flexibility index (Phi) is 9.35. The number of fused-ring (bicyclic) bond motifs is 1. The molecule has 4 rings (SSSR count). The van der Waals surface area contributed by atoms with Gasteiger partial charge in [0, 0.05) is 29.6 Å². The molecule has 3 aromatic carbocycles. The lowest BCUT2D eigenvalue weighted by molar-refractivity contribution is 0.0925. The van der Waals surface area contributed by atoms with E-state index >= 15 is 0 Å². The molecule has 5 N–H and O–H groups in total. The Morgan fingerprint density at radius 2 is 1.72 bits per heavy atom. The molecule has 43 heavy (non-hydrogen) atoms. The van der Waals surface area contributed by atoms with Crippen LogP contribution in [0.25, 0.3) is 33.4 Å². The molecule has 1 heterocycles. The molecule has 10 nitrogen and oxygen atoms in total. The van der Waals surface area contributed by atoms with E-state index in [1.807, 2.05) is 6.92 Å². The summed E-state index contributed by atoms with van der Waals surface area (Å²) >= 11 is 0. The lowest BCUT2D eigenvalue weighted by Crippen LogP contribution is -2.54. The molecule has 4 aromatic rings. The number of carbonyl (C=O) groups is 2. The molecular formula is C32H35FN4O6. The number of furan rings is 1. The van der Waals surface area contributed by atoms with Gasteiger partial charge in [-0.3, -0.25) is 15.0 Å². The van der Waals surface area contributed by atoms with Crippen LogP contribution in [0.4, 0.5) is 4.39 Å². The van der Waals surface area contributed by atoms with E-state index in [1.165, 1.54) is 26.3 Å². The van der Waals surface area contributed by atoms with Gasteiger partial charge in [-0.05, 0) is 68.3 Å². The number of amidine groups is 1. The zero-order chi connectivity index (χ0) is 31.3. The van der Waals surface area contributed by atoms with Crippen LogP contribution < -0.4 is 25.4 Å². The van der Waals surface area contributed by atoms with Crippen LogP contribution >= 0.6 is 0 Å². The summed E-state index contributed by atoms with van der Waals surface area (Å²) < 4.78 is 31.4. The van der Waals surface area contributed by atoms with Crippen molar-refractivity contribution >= 4 is 28.6 Å². The summed E-state index contributed by atoms with van der Waals surface area (Å²) in [6, 6.07) is 14.2. The quantitative estimate of drug-likeness (QED) is 0.0929. The first-order chi connectivity index (χ1) is 20.5. The summed E-state index contributed by atoms with van der Waals surface area (Å²) in [5, 5.41) is 25.8. The highest BCUT2D eigenvalue weighted by atomic mass is 19.1. The van der Waals surface area contributed by atoms with Crippen molar-refractivity contribution in [3.63, 3.8) is 0 Å². The zero-order valence-electron chi connectivity index (χ0n) is 24.7. The molecule has 0 atom stereocenters.